The number of carbonyl (C=O) groups excluding carboxylic acids is 3. The van der Waals surface area contributed by atoms with Crippen molar-refractivity contribution in [3.8, 4) is 5.75 Å². The maximum absolute atomic E-state index is 13.8. The van der Waals surface area contributed by atoms with Gasteiger partial charge in [0.25, 0.3) is 5.91 Å². The molecule has 1 heterocycles. The van der Waals surface area contributed by atoms with E-state index in [1.54, 1.807) is 72.5 Å². The third-order valence-electron chi connectivity index (χ3n) is 6.58. The van der Waals surface area contributed by atoms with Crippen LogP contribution in [0.4, 0.5) is 11.4 Å². The van der Waals surface area contributed by atoms with Crippen LogP contribution in [0.1, 0.15) is 42.6 Å². The van der Waals surface area contributed by atoms with Gasteiger partial charge in [0.15, 0.2) is 5.11 Å². The highest BCUT2D eigenvalue weighted by Crippen LogP contribution is 2.29. The van der Waals surface area contributed by atoms with Gasteiger partial charge in [0, 0.05) is 22.3 Å². The highest BCUT2D eigenvalue weighted by Gasteiger charge is 2.44. The van der Waals surface area contributed by atoms with E-state index in [1.165, 1.54) is 4.90 Å². The second-order valence-electron chi connectivity index (χ2n) is 9.54. The molecule has 0 unspecified atom stereocenters. The third kappa shape index (κ3) is 7.59. The fraction of sp³-hybridized carbons (Fsp3) is 0.290. The molecule has 0 aliphatic carbocycles. The summed E-state index contributed by atoms with van der Waals surface area (Å²) in [6.45, 7) is 4.95. The van der Waals surface area contributed by atoms with Gasteiger partial charge in [-0.05, 0) is 98.2 Å². The second kappa shape index (κ2) is 14.5. The van der Waals surface area contributed by atoms with Gasteiger partial charge in [-0.3, -0.25) is 14.5 Å². The summed E-state index contributed by atoms with van der Waals surface area (Å²) >= 11 is 18.2. The van der Waals surface area contributed by atoms with Crippen molar-refractivity contribution in [2.45, 2.75) is 39.2 Å². The molecule has 0 saturated carbocycles. The first-order chi connectivity index (χ1) is 20.2. The molecule has 2 amide bonds. The molecule has 1 atom stereocenters. The van der Waals surface area contributed by atoms with Crippen LogP contribution < -0.4 is 15.0 Å². The predicted octanol–water partition coefficient (Wildman–Crippen LogP) is 6.53. The molecule has 11 heteroatoms. The average molecular weight is 629 g/mol. The predicted molar refractivity (Wildman–Crippen MR) is 169 cm³/mol. The standard InChI is InChI=1S/C31H31Cl2N3O5S/c1-3-17-41-25-13-9-23(10-14-25)34-28(37)19-27-29(38)36(24-11-6-21(7-12-24)30(39)40-4-2)31(42)35(27)16-15-20-5-8-22(32)18-26(20)33/h5-14,18,27H,3-4,15-17,19H2,1-2H3,(H,34,37)/t27-/m0/s1. The van der Waals surface area contributed by atoms with Crippen LogP contribution in [0.2, 0.25) is 10.0 Å². The minimum atomic E-state index is -0.847. The summed E-state index contributed by atoms with van der Waals surface area (Å²) in [7, 11) is 0. The lowest BCUT2D eigenvalue weighted by Crippen LogP contribution is -2.39. The van der Waals surface area contributed by atoms with Gasteiger partial charge in [-0.1, -0.05) is 36.2 Å². The number of amides is 2. The number of hydrogen-bond acceptors (Lipinski definition) is 6. The molecular formula is C31H31Cl2N3O5S. The molecule has 1 aliphatic heterocycles. The number of esters is 1. The Kier molecular flexibility index (Phi) is 10.8. The monoisotopic (exact) mass is 627 g/mol. The van der Waals surface area contributed by atoms with Crippen LogP contribution in [0, 0.1) is 0 Å². The van der Waals surface area contributed by atoms with E-state index in [4.69, 9.17) is 44.9 Å². The van der Waals surface area contributed by atoms with Crippen LogP contribution in [-0.2, 0) is 20.7 Å². The minimum absolute atomic E-state index is 0.126. The van der Waals surface area contributed by atoms with E-state index in [1.807, 2.05) is 13.0 Å². The Balaban J connectivity index is 1.54. The number of benzene rings is 3. The van der Waals surface area contributed by atoms with Crippen molar-refractivity contribution in [3.05, 3.63) is 87.9 Å². The summed E-state index contributed by atoms with van der Waals surface area (Å²) in [4.78, 5) is 42.2. The molecule has 0 bridgehead atoms. The van der Waals surface area contributed by atoms with Gasteiger partial charge >= 0.3 is 5.97 Å². The molecule has 220 valence electrons. The summed E-state index contributed by atoms with van der Waals surface area (Å²) in [5, 5.41) is 4.14. The zero-order chi connectivity index (χ0) is 30.2. The summed E-state index contributed by atoms with van der Waals surface area (Å²) in [6.07, 6.45) is 1.23. The van der Waals surface area contributed by atoms with Crippen LogP contribution in [0.25, 0.3) is 0 Å². The van der Waals surface area contributed by atoms with Crippen molar-refractivity contribution in [3.63, 3.8) is 0 Å². The first-order valence-corrected chi connectivity index (χ1v) is 14.8. The number of halogens is 2. The molecule has 8 nitrogen and oxygen atoms in total. The first kappa shape index (κ1) is 31.3. The van der Waals surface area contributed by atoms with Gasteiger partial charge in [0.05, 0.1) is 30.9 Å². The van der Waals surface area contributed by atoms with E-state index in [-0.39, 0.29) is 30.0 Å². The Morgan fingerprint density at radius 1 is 1.00 bits per heavy atom. The van der Waals surface area contributed by atoms with Gasteiger partial charge in [0.2, 0.25) is 5.91 Å². The fourth-order valence-corrected chi connectivity index (χ4v) is 5.41. The molecule has 0 aromatic heterocycles. The number of carbonyl (C=O) groups is 3. The molecular weight excluding hydrogens is 597 g/mol. The number of thiocarbonyl (C=S) groups is 1. The molecule has 3 aromatic carbocycles. The van der Waals surface area contributed by atoms with Crippen molar-refractivity contribution in [1.29, 1.82) is 0 Å². The van der Waals surface area contributed by atoms with E-state index in [2.05, 4.69) is 5.32 Å². The molecule has 1 aliphatic rings. The van der Waals surface area contributed by atoms with E-state index < -0.39 is 12.0 Å². The zero-order valence-corrected chi connectivity index (χ0v) is 25.6. The Hall–Kier alpha value is -3.66. The molecule has 4 rings (SSSR count). The second-order valence-corrected chi connectivity index (χ2v) is 10.8. The van der Waals surface area contributed by atoms with Gasteiger partial charge in [-0.2, -0.15) is 0 Å². The van der Waals surface area contributed by atoms with Gasteiger partial charge < -0.3 is 19.7 Å². The number of nitrogens with zero attached hydrogens (tertiary/aromatic N) is 2. The quantitative estimate of drug-likeness (QED) is 0.180. The minimum Gasteiger partial charge on any atom is -0.494 e. The highest BCUT2D eigenvalue weighted by atomic mass is 35.5. The summed E-state index contributed by atoms with van der Waals surface area (Å²) in [5.41, 5.74) is 2.26. The van der Waals surface area contributed by atoms with E-state index in [9.17, 15) is 14.4 Å². The molecule has 3 aromatic rings. The van der Waals surface area contributed by atoms with E-state index in [0.29, 0.717) is 52.3 Å². The molecule has 1 fully saturated rings. The van der Waals surface area contributed by atoms with Gasteiger partial charge in [0.1, 0.15) is 11.8 Å². The lowest BCUT2D eigenvalue weighted by Gasteiger charge is -2.24. The van der Waals surface area contributed by atoms with Crippen molar-refractivity contribution >= 4 is 69.7 Å². The van der Waals surface area contributed by atoms with Gasteiger partial charge in [-0.25, -0.2) is 4.79 Å². The zero-order valence-electron chi connectivity index (χ0n) is 23.3. The first-order valence-electron chi connectivity index (χ1n) is 13.6. The normalized spacial score (nSPS) is 14.7. The third-order valence-corrected chi connectivity index (χ3v) is 7.59. The Labute approximate surface area is 260 Å². The molecule has 1 saturated heterocycles. The number of rotatable bonds is 12. The van der Waals surface area contributed by atoms with Crippen molar-refractivity contribution in [1.82, 2.24) is 4.90 Å². The van der Waals surface area contributed by atoms with E-state index >= 15 is 0 Å². The number of nitrogens with one attached hydrogen (secondary N) is 1. The molecule has 42 heavy (non-hydrogen) atoms. The van der Waals surface area contributed by atoms with Crippen molar-refractivity contribution < 1.29 is 23.9 Å². The summed E-state index contributed by atoms with van der Waals surface area (Å²) in [5.74, 6) is -0.430. The van der Waals surface area contributed by atoms with Crippen LogP contribution in [-0.4, -0.2) is 53.6 Å². The Bertz CT molecular complexity index is 1450. The SMILES string of the molecule is CCCOc1ccc(NC(=O)C[C@H]2C(=O)N(c3ccc(C(=O)OCC)cc3)C(=S)N2CCc2ccc(Cl)cc2Cl)cc1. The van der Waals surface area contributed by atoms with Crippen LogP contribution in [0.15, 0.2) is 66.7 Å². The Morgan fingerprint density at radius 2 is 1.71 bits per heavy atom. The maximum atomic E-state index is 13.8. The number of hydrogen-bond donors (Lipinski definition) is 1. The fourth-order valence-electron chi connectivity index (χ4n) is 4.49. The van der Waals surface area contributed by atoms with Crippen molar-refractivity contribution in [2.75, 3.05) is 30.0 Å². The largest absolute Gasteiger partial charge is 0.494 e. The smallest absolute Gasteiger partial charge is 0.338 e. The highest BCUT2D eigenvalue weighted by molar-refractivity contribution is 7.80. The Morgan fingerprint density at radius 3 is 2.36 bits per heavy atom. The maximum Gasteiger partial charge on any atom is 0.338 e. The number of ether oxygens (including phenoxy) is 2. The van der Waals surface area contributed by atoms with Crippen molar-refractivity contribution in [2.24, 2.45) is 0 Å². The summed E-state index contributed by atoms with van der Waals surface area (Å²) in [6, 6.07) is 17.9. The number of anilines is 2. The lowest BCUT2D eigenvalue weighted by atomic mass is 10.1. The van der Waals surface area contributed by atoms with E-state index in [0.717, 1.165) is 12.0 Å². The van der Waals surface area contributed by atoms with Crippen LogP contribution in [0.5, 0.6) is 5.75 Å². The molecule has 0 radical (unpaired) electrons. The van der Waals surface area contributed by atoms with Crippen LogP contribution in [0.3, 0.4) is 0 Å². The van der Waals surface area contributed by atoms with Gasteiger partial charge in [-0.15, -0.1) is 0 Å². The van der Waals surface area contributed by atoms with Crippen LogP contribution >= 0.6 is 35.4 Å². The topological polar surface area (TPSA) is 88.2 Å². The molecule has 1 N–H and O–H groups in total. The lowest BCUT2D eigenvalue weighted by molar-refractivity contribution is -0.124. The molecule has 0 spiro atoms. The average Bonchev–Trinajstić information content (AvgIpc) is 3.20. The summed E-state index contributed by atoms with van der Waals surface area (Å²) < 4.78 is 10.7.